The maximum absolute atomic E-state index is 12.2. The Hall–Kier alpha value is -2.34. The van der Waals surface area contributed by atoms with Crippen molar-refractivity contribution >= 4 is 15.9 Å². The molecule has 0 bridgehead atoms. The molecule has 1 unspecified atom stereocenters. The van der Waals surface area contributed by atoms with Crippen molar-refractivity contribution in [1.82, 2.24) is 4.72 Å². The average Bonchev–Trinajstić information content (AvgIpc) is 2.55. The van der Waals surface area contributed by atoms with E-state index >= 15 is 0 Å². The van der Waals surface area contributed by atoms with E-state index in [0.717, 1.165) is 11.3 Å². The molecule has 1 aliphatic heterocycles. The van der Waals surface area contributed by atoms with Crippen LogP contribution in [0.25, 0.3) is 0 Å². The minimum atomic E-state index is -3.84. The van der Waals surface area contributed by atoms with Crippen LogP contribution in [0.3, 0.4) is 0 Å². The summed E-state index contributed by atoms with van der Waals surface area (Å²) in [5.41, 5.74) is 0.908. The Morgan fingerprint density at radius 1 is 1.05 bits per heavy atom. The summed E-state index contributed by atoms with van der Waals surface area (Å²) in [6.45, 7) is 0.174. The third-order valence-electron chi connectivity index (χ3n) is 3.54. The minimum absolute atomic E-state index is 0.0699. The second kappa shape index (κ2) is 5.81. The van der Waals surface area contributed by atoms with Crippen molar-refractivity contribution in [3.63, 3.8) is 0 Å². The summed E-state index contributed by atoms with van der Waals surface area (Å²) in [6.07, 6.45) is 0.465. The molecule has 6 heteroatoms. The third kappa shape index (κ3) is 2.96. The molecule has 0 spiro atoms. The zero-order chi connectivity index (χ0) is 15.6. The molecule has 1 atom stereocenters. The zero-order valence-corrected chi connectivity index (χ0v) is 12.5. The molecule has 114 valence electrons. The lowest BCUT2D eigenvalue weighted by atomic mass is 9.96. The number of benzene rings is 2. The first-order valence-corrected chi connectivity index (χ1v) is 8.37. The van der Waals surface area contributed by atoms with E-state index in [1.54, 1.807) is 18.2 Å². The van der Waals surface area contributed by atoms with Crippen LogP contribution in [0.4, 0.5) is 0 Å². The molecule has 1 aliphatic rings. The van der Waals surface area contributed by atoms with Crippen LogP contribution in [0.2, 0.25) is 0 Å². The van der Waals surface area contributed by atoms with Gasteiger partial charge in [-0.25, -0.2) is 13.1 Å². The maximum atomic E-state index is 12.2. The molecule has 0 aliphatic carbocycles. The van der Waals surface area contributed by atoms with E-state index in [9.17, 15) is 13.2 Å². The Bertz CT molecular complexity index is 787. The molecule has 2 aromatic carbocycles. The lowest BCUT2D eigenvalue weighted by Crippen LogP contribution is -2.40. The maximum Gasteiger partial charge on any atom is 0.264 e. The van der Waals surface area contributed by atoms with Crippen molar-refractivity contribution < 1.29 is 17.9 Å². The minimum Gasteiger partial charge on any atom is -0.492 e. The van der Waals surface area contributed by atoms with Gasteiger partial charge in [0.1, 0.15) is 12.4 Å². The summed E-state index contributed by atoms with van der Waals surface area (Å²) in [5.74, 6) is -0.316. The van der Waals surface area contributed by atoms with Crippen molar-refractivity contribution in [2.75, 3.05) is 6.61 Å². The summed E-state index contributed by atoms with van der Waals surface area (Å²) in [4.78, 5) is 12.3. The highest BCUT2D eigenvalue weighted by Crippen LogP contribution is 2.27. The zero-order valence-electron chi connectivity index (χ0n) is 11.7. The Morgan fingerprint density at radius 2 is 1.73 bits per heavy atom. The normalized spacial score (nSPS) is 17.2. The number of fused-ring (bicyclic) bond motifs is 1. The van der Waals surface area contributed by atoms with Gasteiger partial charge in [0, 0.05) is 0 Å². The molecular formula is C16H15NO4S. The molecule has 1 amide bonds. The van der Waals surface area contributed by atoms with Gasteiger partial charge in [-0.1, -0.05) is 36.4 Å². The fraction of sp³-hybridized carbons (Fsp3) is 0.188. The van der Waals surface area contributed by atoms with E-state index in [0.29, 0.717) is 6.42 Å². The number of ether oxygens (including phenoxy) is 1. The fourth-order valence-corrected chi connectivity index (χ4v) is 3.44. The van der Waals surface area contributed by atoms with E-state index in [1.165, 1.54) is 12.1 Å². The van der Waals surface area contributed by atoms with Gasteiger partial charge in [-0.3, -0.25) is 4.79 Å². The number of para-hydroxylation sites is 1. The summed E-state index contributed by atoms with van der Waals surface area (Å²) in [5, 5.41) is 0. The van der Waals surface area contributed by atoms with Crippen molar-refractivity contribution in [2.45, 2.75) is 11.3 Å². The van der Waals surface area contributed by atoms with Gasteiger partial charge in [0.15, 0.2) is 0 Å². The van der Waals surface area contributed by atoms with Crippen LogP contribution in [0.15, 0.2) is 59.5 Å². The first-order valence-electron chi connectivity index (χ1n) is 6.89. The highest BCUT2D eigenvalue weighted by molar-refractivity contribution is 7.90. The molecule has 1 heterocycles. The number of carbonyl (C=O) groups is 1. The molecule has 0 saturated heterocycles. The third-order valence-corrected chi connectivity index (χ3v) is 4.90. The Balaban J connectivity index is 1.74. The Labute approximate surface area is 129 Å². The van der Waals surface area contributed by atoms with Gasteiger partial charge in [-0.05, 0) is 30.2 Å². The number of amides is 1. The molecule has 2 aromatic rings. The quantitative estimate of drug-likeness (QED) is 0.936. The standard InChI is InChI=1S/C16H15NO4S/c18-16(17-22(19,20)14-7-2-1-3-8-14)13-10-12-6-4-5-9-15(12)21-11-13/h1-9,13H,10-11H2,(H,17,18). The van der Waals surface area contributed by atoms with Crippen molar-refractivity contribution in [3.05, 3.63) is 60.2 Å². The molecule has 0 fully saturated rings. The summed E-state index contributed by atoms with van der Waals surface area (Å²) in [7, 11) is -3.84. The topological polar surface area (TPSA) is 72.5 Å². The van der Waals surface area contributed by atoms with Crippen LogP contribution in [0, 0.1) is 5.92 Å². The van der Waals surface area contributed by atoms with Crippen molar-refractivity contribution in [2.24, 2.45) is 5.92 Å². The van der Waals surface area contributed by atoms with E-state index in [2.05, 4.69) is 4.72 Å². The number of hydrogen-bond acceptors (Lipinski definition) is 4. The number of sulfonamides is 1. The predicted octanol–water partition coefficient (Wildman–Crippen LogP) is 1.74. The summed E-state index contributed by atoms with van der Waals surface area (Å²) in [6, 6.07) is 15.3. The Kier molecular flexibility index (Phi) is 3.85. The van der Waals surface area contributed by atoms with Crippen LogP contribution >= 0.6 is 0 Å². The number of hydrogen-bond donors (Lipinski definition) is 1. The van der Waals surface area contributed by atoms with Gasteiger partial charge in [-0.2, -0.15) is 0 Å². The van der Waals surface area contributed by atoms with Crippen LogP contribution in [-0.2, 0) is 21.2 Å². The lowest BCUT2D eigenvalue weighted by molar-refractivity contribution is -0.124. The van der Waals surface area contributed by atoms with Crippen LogP contribution in [0.1, 0.15) is 5.56 Å². The van der Waals surface area contributed by atoms with Gasteiger partial charge >= 0.3 is 0 Å². The first kappa shape index (κ1) is 14.6. The SMILES string of the molecule is O=C(NS(=O)(=O)c1ccccc1)C1COc2ccccc2C1. The summed E-state index contributed by atoms with van der Waals surface area (Å²) >= 11 is 0. The number of nitrogens with one attached hydrogen (secondary N) is 1. The summed E-state index contributed by atoms with van der Waals surface area (Å²) < 4.78 is 32.0. The molecule has 0 aromatic heterocycles. The van der Waals surface area contributed by atoms with Crippen molar-refractivity contribution in [3.8, 4) is 5.75 Å². The van der Waals surface area contributed by atoms with Gasteiger partial charge in [-0.15, -0.1) is 0 Å². The fourth-order valence-electron chi connectivity index (χ4n) is 2.37. The molecule has 3 rings (SSSR count). The van der Waals surface area contributed by atoms with Crippen LogP contribution in [0.5, 0.6) is 5.75 Å². The van der Waals surface area contributed by atoms with E-state index in [4.69, 9.17) is 4.74 Å². The first-order chi connectivity index (χ1) is 10.6. The van der Waals surface area contributed by atoms with E-state index in [-0.39, 0.29) is 11.5 Å². The van der Waals surface area contributed by atoms with Crippen LogP contribution < -0.4 is 9.46 Å². The van der Waals surface area contributed by atoms with Gasteiger partial charge < -0.3 is 4.74 Å². The second-order valence-electron chi connectivity index (χ2n) is 5.10. The van der Waals surface area contributed by atoms with E-state index < -0.39 is 21.8 Å². The molecule has 22 heavy (non-hydrogen) atoms. The molecule has 0 radical (unpaired) electrons. The molecule has 0 saturated carbocycles. The molecule has 5 nitrogen and oxygen atoms in total. The van der Waals surface area contributed by atoms with Crippen molar-refractivity contribution in [1.29, 1.82) is 0 Å². The van der Waals surface area contributed by atoms with Gasteiger partial charge in [0.2, 0.25) is 5.91 Å². The Morgan fingerprint density at radius 3 is 2.50 bits per heavy atom. The monoisotopic (exact) mass is 317 g/mol. The number of rotatable bonds is 3. The second-order valence-corrected chi connectivity index (χ2v) is 6.78. The smallest absolute Gasteiger partial charge is 0.264 e. The van der Waals surface area contributed by atoms with Gasteiger partial charge in [0.05, 0.1) is 10.8 Å². The lowest BCUT2D eigenvalue weighted by Gasteiger charge is -2.24. The number of carbonyl (C=O) groups excluding carboxylic acids is 1. The highest BCUT2D eigenvalue weighted by Gasteiger charge is 2.29. The molecule has 1 N–H and O–H groups in total. The van der Waals surface area contributed by atoms with Crippen LogP contribution in [-0.4, -0.2) is 20.9 Å². The highest BCUT2D eigenvalue weighted by atomic mass is 32.2. The largest absolute Gasteiger partial charge is 0.492 e. The van der Waals surface area contributed by atoms with Gasteiger partial charge in [0.25, 0.3) is 10.0 Å². The average molecular weight is 317 g/mol. The predicted molar refractivity (Wildman–Crippen MR) is 80.9 cm³/mol. The van der Waals surface area contributed by atoms with E-state index in [1.807, 2.05) is 24.3 Å². The molecular weight excluding hydrogens is 302 g/mol.